The molecule has 1 aliphatic heterocycles. The molecule has 0 aromatic heterocycles. The zero-order valence-electron chi connectivity index (χ0n) is 8.45. The Hall–Kier alpha value is -0.500. The zero-order chi connectivity index (χ0) is 9.26. The second-order valence-electron chi connectivity index (χ2n) is 4.05. The van der Waals surface area contributed by atoms with Crippen molar-refractivity contribution in [2.75, 3.05) is 6.61 Å². The molecule has 13 heavy (non-hydrogen) atoms. The molecule has 0 aromatic rings. The van der Waals surface area contributed by atoms with E-state index in [4.69, 9.17) is 9.47 Å². The van der Waals surface area contributed by atoms with Crippen LogP contribution in [0.5, 0.6) is 0 Å². The molecule has 2 rings (SSSR count). The summed E-state index contributed by atoms with van der Waals surface area (Å²) in [5, 5.41) is 0. The van der Waals surface area contributed by atoms with Crippen LogP contribution in [0.4, 0.5) is 0 Å². The second-order valence-corrected chi connectivity index (χ2v) is 4.05. The van der Waals surface area contributed by atoms with Crippen LogP contribution < -0.4 is 0 Å². The summed E-state index contributed by atoms with van der Waals surface area (Å²) in [6.45, 7) is 5.05. The minimum absolute atomic E-state index is 0.0176. The molecule has 0 amide bonds. The fourth-order valence-corrected chi connectivity index (χ4v) is 2.39. The van der Waals surface area contributed by atoms with E-state index >= 15 is 0 Å². The van der Waals surface area contributed by atoms with Gasteiger partial charge in [-0.25, -0.2) is 0 Å². The second kappa shape index (κ2) is 3.70. The highest BCUT2D eigenvalue weighted by molar-refractivity contribution is 5.14. The van der Waals surface area contributed by atoms with Crippen molar-refractivity contribution in [2.45, 2.75) is 39.4 Å². The monoisotopic (exact) mass is 182 g/mol. The van der Waals surface area contributed by atoms with E-state index < -0.39 is 0 Å². The van der Waals surface area contributed by atoms with Gasteiger partial charge in [-0.05, 0) is 37.2 Å². The Morgan fingerprint density at radius 1 is 1.54 bits per heavy atom. The number of hydrogen-bond donors (Lipinski definition) is 0. The topological polar surface area (TPSA) is 18.5 Å². The maximum Gasteiger partial charge on any atom is 0.199 e. The molecule has 0 N–H and O–H groups in total. The average Bonchev–Trinajstić information content (AvgIpc) is 2.48. The lowest BCUT2D eigenvalue weighted by molar-refractivity contribution is -0.120. The Balaban J connectivity index is 1.99. The smallest absolute Gasteiger partial charge is 0.199 e. The maximum atomic E-state index is 5.52. The summed E-state index contributed by atoms with van der Waals surface area (Å²) in [6, 6.07) is 0. The Labute approximate surface area is 79.9 Å². The molecule has 74 valence electrons. The predicted molar refractivity (Wildman–Crippen MR) is 51.1 cm³/mol. The van der Waals surface area contributed by atoms with Gasteiger partial charge in [-0.2, -0.15) is 0 Å². The Morgan fingerprint density at radius 2 is 2.38 bits per heavy atom. The third-order valence-corrected chi connectivity index (χ3v) is 3.17. The first-order valence-electron chi connectivity index (χ1n) is 5.28. The molecule has 0 aromatic carbocycles. The molecular formula is C11H18O2. The van der Waals surface area contributed by atoms with E-state index in [-0.39, 0.29) is 6.29 Å². The largest absolute Gasteiger partial charge is 0.473 e. The summed E-state index contributed by atoms with van der Waals surface area (Å²) in [7, 11) is 0. The molecule has 1 aliphatic carbocycles. The maximum absolute atomic E-state index is 5.52. The van der Waals surface area contributed by atoms with Crippen molar-refractivity contribution in [1.29, 1.82) is 0 Å². The quantitative estimate of drug-likeness (QED) is 0.653. The number of fused-ring (bicyclic) bond motifs is 1. The molecule has 3 atom stereocenters. The van der Waals surface area contributed by atoms with E-state index in [0.717, 1.165) is 24.9 Å². The third-order valence-electron chi connectivity index (χ3n) is 3.17. The Kier molecular flexibility index (Phi) is 2.58. The molecule has 1 fully saturated rings. The first-order chi connectivity index (χ1) is 6.31. The number of hydrogen-bond acceptors (Lipinski definition) is 2. The fraction of sp³-hybridized carbons (Fsp3) is 0.818. The van der Waals surface area contributed by atoms with Gasteiger partial charge in [0, 0.05) is 13.0 Å². The highest BCUT2D eigenvalue weighted by Crippen LogP contribution is 2.41. The van der Waals surface area contributed by atoms with E-state index in [0.29, 0.717) is 0 Å². The van der Waals surface area contributed by atoms with E-state index in [2.05, 4.69) is 6.92 Å². The number of ether oxygens (including phenoxy) is 2. The summed E-state index contributed by atoms with van der Waals surface area (Å²) in [6.07, 6.45) is 5.67. The highest BCUT2D eigenvalue weighted by atomic mass is 16.7. The fourth-order valence-electron chi connectivity index (χ4n) is 2.39. The van der Waals surface area contributed by atoms with E-state index in [1.165, 1.54) is 18.4 Å². The zero-order valence-corrected chi connectivity index (χ0v) is 8.45. The lowest BCUT2D eigenvalue weighted by atomic mass is 9.95. The minimum atomic E-state index is 0.0176. The first kappa shape index (κ1) is 9.07. The Bertz CT molecular complexity index is 210. The molecule has 0 spiro atoms. The molecule has 0 unspecified atom stereocenters. The van der Waals surface area contributed by atoms with Gasteiger partial charge < -0.3 is 9.47 Å². The van der Waals surface area contributed by atoms with E-state index in [1.54, 1.807) is 0 Å². The lowest BCUT2D eigenvalue weighted by Crippen LogP contribution is -2.23. The van der Waals surface area contributed by atoms with Gasteiger partial charge in [0.1, 0.15) is 0 Å². The number of allylic oxidation sites excluding steroid dienone is 1. The van der Waals surface area contributed by atoms with Crippen molar-refractivity contribution < 1.29 is 9.47 Å². The van der Waals surface area contributed by atoms with E-state index in [9.17, 15) is 0 Å². The van der Waals surface area contributed by atoms with Crippen LogP contribution in [0.25, 0.3) is 0 Å². The SMILES string of the molecule is CCO[C@H]1C[C@H]2CC[C@H](C)C2=CO1. The summed E-state index contributed by atoms with van der Waals surface area (Å²) >= 11 is 0. The van der Waals surface area contributed by atoms with E-state index in [1.807, 2.05) is 13.2 Å². The van der Waals surface area contributed by atoms with Crippen molar-refractivity contribution in [2.24, 2.45) is 11.8 Å². The molecular weight excluding hydrogens is 164 g/mol. The van der Waals surface area contributed by atoms with Gasteiger partial charge in [0.2, 0.25) is 0 Å². The van der Waals surface area contributed by atoms with Gasteiger partial charge >= 0.3 is 0 Å². The van der Waals surface area contributed by atoms with Gasteiger partial charge in [0.15, 0.2) is 6.29 Å². The first-order valence-corrected chi connectivity index (χ1v) is 5.28. The van der Waals surface area contributed by atoms with Crippen LogP contribution in [0.1, 0.15) is 33.1 Å². The van der Waals surface area contributed by atoms with Crippen LogP contribution in [0.2, 0.25) is 0 Å². The number of rotatable bonds is 2. The van der Waals surface area contributed by atoms with Crippen LogP contribution in [0.15, 0.2) is 11.8 Å². The van der Waals surface area contributed by atoms with Crippen LogP contribution in [0, 0.1) is 11.8 Å². The average molecular weight is 182 g/mol. The van der Waals surface area contributed by atoms with Crippen molar-refractivity contribution >= 4 is 0 Å². The van der Waals surface area contributed by atoms with Crippen LogP contribution in [-0.2, 0) is 9.47 Å². The summed E-state index contributed by atoms with van der Waals surface area (Å²) in [5.41, 5.74) is 1.51. The van der Waals surface area contributed by atoms with Crippen molar-refractivity contribution in [3.05, 3.63) is 11.8 Å². The normalized spacial score (nSPS) is 38.0. The van der Waals surface area contributed by atoms with Gasteiger partial charge in [-0.1, -0.05) is 6.92 Å². The molecule has 0 radical (unpaired) electrons. The molecule has 1 saturated carbocycles. The van der Waals surface area contributed by atoms with Crippen molar-refractivity contribution in [3.63, 3.8) is 0 Å². The summed E-state index contributed by atoms with van der Waals surface area (Å²) in [4.78, 5) is 0. The lowest BCUT2D eigenvalue weighted by Gasteiger charge is -2.27. The van der Waals surface area contributed by atoms with Gasteiger partial charge in [-0.15, -0.1) is 0 Å². The molecule has 2 nitrogen and oxygen atoms in total. The van der Waals surface area contributed by atoms with Crippen molar-refractivity contribution in [1.82, 2.24) is 0 Å². The van der Waals surface area contributed by atoms with Crippen molar-refractivity contribution in [3.8, 4) is 0 Å². The molecule has 2 heteroatoms. The molecule has 0 bridgehead atoms. The molecule has 1 heterocycles. The van der Waals surface area contributed by atoms with Gasteiger partial charge in [0.05, 0.1) is 6.26 Å². The third kappa shape index (κ3) is 1.73. The van der Waals surface area contributed by atoms with Crippen LogP contribution >= 0.6 is 0 Å². The molecule has 2 aliphatic rings. The van der Waals surface area contributed by atoms with Gasteiger partial charge in [0.25, 0.3) is 0 Å². The summed E-state index contributed by atoms with van der Waals surface area (Å²) in [5.74, 6) is 1.47. The van der Waals surface area contributed by atoms with Crippen LogP contribution in [0.3, 0.4) is 0 Å². The van der Waals surface area contributed by atoms with Crippen LogP contribution in [-0.4, -0.2) is 12.9 Å². The Morgan fingerprint density at radius 3 is 3.15 bits per heavy atom. The minimum Gasteiger partial charge on any atom is -0.473 e. The highest BCUT2D eigenvalue weighted by Gasteiger charge is 2.33. The summed E-state index contributed by atoms with van der Waals surface area (Å²) < 4.78 is 11.0. The van der Waals surface area contributed by atoms with Gasteiger partial charge in [-0.3, -0.25) is 0 Å². The standard InChI is InChI=1S/C11H18O2/c1-3-12-11-6-9-5-4-8(2)10(9)7-13-11/h7-9,11H,3-6H2,1-2H3/t8-,9+,11+/m0/s1. The predicted octanol–water partition coefficient (Wildman–Crippen LogP) is 2.70. The molecule has 0 saturated heterocycles.